The third-order valence-electron chi connectivity index (χ3n) is 4.15. The van der Waals surface area contributed by atoms with Crippen molar-refractivity contribution in [1.29, 1.82) is 0 Å². The summed E-state index contributed by atoms with van der Waals surface area (Å²) in [5, 5.41) is 6.59. The second kappa shape index (κ2) is 10.9. The van der Waals surface area contributed by atoms with E-state index >= 15 is 0 Å². The molecular formula is C21H26FN3O2S. The summed E-state index contributed by atoms with van der Waals surface area (Å²) in [6, 6.07) is 13.3. The van der Waals surface area contributed by atoms with Crippen LogP contribution in [0.4, 0.5) is 4.39 Å². The van der Waals surface area contributed by atoms with Gasteiger partial charge >= 0.3 is 0 Å². The SMILES string of the molecule is CCNC(=NCCc1cc(F)cc2c1OCOC2)NCCSc1ccccc1. The lowest BCUT2D eigenvalue weighted by molar-refractivity contribution is -0.0172. The predicted molar refractivity (Wildman–Crippen MR) is 112 cm³/mol. The van der Waals surface area contributed by atoms with Crippen LogP contribution >= 0.6 is 11.8 Å². The van der Waals surface area contributed by atoms with Crippen LogP contribution in [0, 0.1) is 5.82 Å². The van der Waals surface area contributed by atoms with E-state index in [1.54, 1.807) is 11.8 Å². The molecule has 1 aliphatic rings. The fourth-order valence-electron chi connectivity index (χ4n) is 2.93. The van der Waals surface area contributed by atoms with Crippen LogP contribution in [0.1, 0.15) is 18.1 Å². The fraction of sp³-hybridized carbons (Fsp3) is 0.381. The van der Waals surface area contributed by atoms with Gasteiger partial charge in [-0.1, -0.05) is 18.2 Å². The largest absolute Gasteiger partial charge is 0.467 e. The van der Waals surface area contributed by atoms with Crippen LogP contribution in [0.5, 0.6) is 5.75 Å². The minimum Gasteiger partial charge on any atom is -0.467 e. The Hall–Kier alpha value is -2.25. The highest BCUT2D eigenvalue weighted by atomic mass is 32.2. The lowest BCUT2D eigenvalue weighted by atomic mass is 10.1. The quantitative estimate of drug-likeness (QED) is 0.305. The van der Waals surface area contributed by atoms with Gasteiger partial charge in [-0.25, -0.2) is 4.39 Å². The molecule has 0 radical (unpaired) electrons. The minimum atomic E-state index is -0.269. The Morgan fingerprint density at radius 1 is 1.21 bits per heavy atom. The molecule has 5 nitrogen and oxygen atoms in total. The lowest BCUT2D eigenvalue weighted by Gasteiger charge is -2.20. The van der Waals surface area contributed by atoms with Gasteiger partial charge in [-0.05, 0) is 43.2 Å². The van der Waals surface area contributed by atoms with Crippen molar-refractivity contribution in [3.8, 4) is 5.75 Å². The molecule has 2 aromatic rings. The van der Waals surface area contributed by atoms with E-state index in [2.05, 4.69) is 27.8 Å². The van der Waals surface area contributed by atoms with Crippen molar-refractivity contribution in [2.24, 2.45) is 4.99 Å². The van der Waals surface area contributed by atoms with Gasteiger partial charge in [-0.15, -0.1) is 11.8 Å². The average Bonchev–Trinajstić information content (AvgIpc) is 2.71. The van der Waals surface area contributed by atoms with Crippen LogP contribution in [0.15, 0.2) is 52.4 Å². The summed E-state index contributed by atoms with van der Waals surface area (Å²) >= 11 is 1.80. The first-order valence-electron chi connectivity index (χ1n) is 9.48. The van der Waals surface area contributed by atoms with Crippen molar-refractivity contribution >= 4 is 17.7 Å². The monoisotopic (exact) mass is 403 g/mol. The summed E-state index contributed by atoms with van der Waals surface area (Å²) in [4.78, 5) is 5.86. The second-order valence-corrected chi connectivity index (χ2v) is 7.43. The Morgan fingerprint density at radius 3 is 2.89 bits per heavy atom. The van der Waals surface area contributed by atoms with Gasteiger partial charge in [-0.2, -0.15) is 0 Å². The number of fused-ring (bicyclic) bond motifs is 1. The maximum Gasteiger partial charge on any atom is 0.191 e. The molecule has 2 aromatic carbocycles. The Bertz CT molecular complexity index is 787. The molecule has 0 saturated carbocycles. The van der Waals surface area contributed by atoms with Gasteiger partial charge < -0.3 is 20.1 Å². The Kier molecular flexibility index (Phi) is 7.99. The molecule has 0 amide bonds. The van der Waals surface area contributed by atoms with Crippen LogP contribution in [-0.2, 0) is 17.8 Å². The van der Waals surface area contributed by atoms with Crippen molar-refractivity contribution in [1.82, 2.24) is 10.6 Å². The molecule has 1 heterocycles. The number of thioether (sulfide) groups is 1. The Morgan fingerprint density at radius 2 is 2.07 bits per heavy atom. The van der Waals surface area contributed by atoms with Crippen molar-refractivity contribution < 1.29 is 13.9 Å². The summed E-state index contributed by atoms with van der Waals surface area (Å²) in [6.45, 7) is 4.76. The van der Waals surface area contributed by atoms with Gasteiger partial charge in [0, 0.05) is 35.8 Å². The van der Waals surface area contributed by atoms with Crippen molar-refractivity contribution in [3.05, 3.63) is 59.4 Å². The summed E-state index contributed by atoms with van der Waals surface area (Å²) in [5.74, 6) is 2.18. The molecule has 3 rings (SSSR count). The molecule has 150 valence electrons. The molecule has 0 aromatic heterocycles. The van der Waals surface area contributed by atoms with Crippen molar-refractivity contribution in [3.63, 3.8) is 0 Å². The zero-order valence-electron chi connectivity index (χ0n) is 16.0. The standard InChI is InChI=1S/C21H26FN3O2S/c1-2-23-21(25-10-11-28-19-6-4-3-5-7-19)24-9-8-16-12-18(22)13-17-14-26-15-27-20(16)17/h3-7,12-13H,2,8-11,14-15H2,1H3,(H2,23,24,25). The number of benzene rings is 2. The average molecular weight is 404 g/mol. The van der Waals surface area contributed by atoms with Gasteiger partial charge in [-0.3, -0.25) is 4.99 Å². The van der Waals surface area contributed by atoms with Crippen LogP contribution in [-0.4, -0.2) is 38.1 Å². The molecule has 0 aliphatic carbocycles. The first-order chi connectivity index (χ1) is 13.8. The number of nitrogens with one attached hydrogen (secondary N) is 2. The van der Waals surface area contributed by atoms with Gasteiger partial charge in [0.2, 0.25) is 0 Å². The molecule has 2 N–H and O–H groups in total. The highest BCUT2D eigenvalue weighted by Gasteiger charge is 2.16. The van der Waals surface area contributed by atoms with Crippen LogP contribution in [0.2, 0.25) is 0 Å². The number of aliphatic imine (C=N–C) groups is 1. The van der Waals surface area contributed by atoms with E-state index in [9.17, 15) is 4.39 Å². The van der Waals surface area contributed by atoms with Crippen molar-refractivity contribution in [2.45, 2.75) is 24.8 Å². The first kappa shape index (κ1) is 20.5. The zero-order chi connectivity index (χ0) is 19.6. The number of hydrogen-bond donors (Lipinski definition) is 2. The molecule has 0 saturated heterocycles. The molecular weight excluding hydrogens is 377 g/mol. The van der Waals surface area contributed by atoms with Crippen LogP contribution in [0.3, 0.4) is 0 Å². The van der Waals surface area contributed by atoms with Gasteiger partial charge in [0.25, 0.3) is 0 Å². The molecule has 0 spiro atoms. The maximum absolute atomic E-state index is 13.8. The lowest BCUT2D eigenvalue weighted by Crippen LogP contribution is -2.38. The maximum atomic E-state index is 13.8. The number of rotatable bonds is 8. The molecule has 0 atom stereocenters. The first-order valence-corrected chi connectivity index (χ1v) is 10.5. The summed E-state index contributed by atoms with van der Waals surface area (Å²) in [6.07, 6.45) is 0.607. The predicted octanol–water partition coefficient (Wildman–Crippen LogP) is 3.58. The van der Waals surface area contributed by atoms with E-state index in [1.165, 1.54) is 17.0 Å². The summed E-state index contributed by atoms with van der Waals surface area (Å²) in [5.41, 5.74) is 1.59. The number of hydrogen-bond acceptors (Lipinski definition) is 4. The molecule has 0 fully saturated rings. The third kappa shape index (κ3) is 6.14. The van der Waals surface area contributed by atoms with Gasteiger partial charge in [0.05, 0.1) is 6.61 Å². The van der Waals surface area contributed by atoms with Gasteiger partial charge in [0.1, 0.15) is 11.6 Å². The topological polar surface area (TPSA) is 54.9 Å². The minimum absolute atomic E-state index is 0.207. The number of guanidine groups is 1. The highest BCUT2D eigenvalue weighted by Crippen LogP contribution is 2.29. The highest BCUT2D eigenvalue weighted by molar-refractivity contribution is 7.99. The molecule has 7 heteroatoms. The second-order valence-electron chi connectivity index (χ2n) is 6.26. The normalized spacial score (nSPS) is 13.6. The molecule has 0 unspecified atom stereocenters. The van der Waals surface area contributed by atoms with E-state index in [1.807, 2.05) is 25.1 Å². The zero-order valence-corrected chi connectivity index (χ0v) is 16.9. The summed E-state index contributed by atoms with van der Waals surface area (Å²) < 4.78 is 24.6. The summed E-state index contributed by atoms with van der Waals surface area (Å²) in [7, 11) is 0. The van der Waals surface area contributed by atoms with Crippen LogP contribution < -0.4 is 15.4 Å². The number of halogens is 1. The third-order valence-corrected chi connectivity index (χ3v) is 5.17. The van der Waals surface area contributed by atoms with Crippen molar-refractivity contribution in [2.75, 3.05) is 32.2 Å². The van der Waals surface area contributed by atoms with Gasteiger partial charge in [0.15, 0.2) is 12.8 Å². The van der Waals surface area contributed by atoms with E-state index < -0.39 is 0 Å². The Labute approximate surface area is 169 Å². The number of nitrogens with zero attached hydrogens (tertiary/aromatic N) is 1. The van der Waals surface area contributed by atoms with E-state index in [0.29, 0.717) is 19.6 Å². The van der Waals surface area contributed by atoms with E-state index in [4.69, 9.17) is 9.47 Å². The molecule has 1 aliphatic heterocycles. The Balaban J connectivity index is 1.51. The fourth-order valence-corrected chi connectivity index (χ4v) is 3.72. The molecule has 0 bridgehead atoms. The number of ether oxygens (including phenoxy) is 2. The molecule has 28 heavy (non-hydrogen) atoms. The van der Waals surface area contributed by atoms with Crippen LogP contribution in [0.25, 0.3) is 0 Å². The van der Waals surface area contributed by atoms with E-state index in [0.717, 1.165) is 41.7 Å². The smallest absolute Gasteiger partial charge is 0.191 e. The van der Waals surface area contributed by atoms with E-state index in [-0.39, 0.29) is 12.6 Å².